The highest BCUT2D eigenvalue weighted by Crippen LogP contribution is 2.33. The second-order valence-electron chi connectivity index (χ2n) is 6.54. The van der Waals surface area contributed by atoms with Gasteiger partial charge < -0.3 is 24.8 Å². The van der Waals surface area contributed by atoms with Gasteiger partial charge in [-0.3, -0.25) is 0 Å². The fraction of sp³-hybridized carbons (Fsp3) is 0.350. The molecule has 0 aliphatic carbocycles. The van der Waals surface area contributed by atoms with E-state index >= 15 is 0 Å². The molecule has 1 atom stereocenters. The van der Waals surface area contributed by atoms with Crippen LogP contribution in [0.2, 0.25) is 0 Å². The molecule has 27 heavy (non-hydrogen) atoms. The molecular weight excluding hydrogens is 351 g/mol. The van der Waals surface area contributed by atoms with E-state index in [9.17, 15) is 9.18 Å². The Morgan fingerprint density at radius 1 is 0.926 bits per heavy atom. The number of hydrogen-bond donors (Lipinski definition) is 2. The molecule has 2 N–H and O–H groups in total. The van der Waals surface area contributed by atoms with Gasteiger partial charge >= 0.3 is 6.03 Å². The lowest BCUT2D eigenvalue weighted by Gasteiger charge is -2.19. The number of rotatable bonds is 2. The maximum absolute atomic E-state index is 13.7. The van der Waals surface area contributed by atoms with Crippen molar-refractivity contribution in [2.45, 2.75) is 25.3 Å². The topological polar surface area (TPSA) is 68.8 Å². The van der Waals surface area contributed by atoms with Crippen molar-refractivity contribution in [2.75, 3.05) is 25.1 Å². The van der Waals surface area contributed by atoms with Crippen molar-refractivity contribution in [1.82, 2.24) is 5.32 Å². The van der Waals surface area contributed by atoms with E-state index in [-0.39, 0.29) is 17.9 Å². The molecule has 0 fully saturated rings. The summed E-state index contributed by atoms with van der Waals surface area (Å²) >= 11 is 0. The van der Waals surface area contributed by atoms with Crippen LogP contribution in [0.3, 0.4) is 0 Å². The Hall–Kier alpha value is -2.96. The molecule has 0 saturated heterocycles. The molecule has 0 bridgehead atoms. The van der Waals surface area contributed by atoms with E-state index in [2.05, 4.69) is 10.6 Å². The predicted octanol–water partition coefficient (Wildman–Crippen LogP) is 4.02. The number of benzene rings is 2. The van der Waals surface area contributed by atoms with Gasteiger partial charge in [-0.05, 0) is 43.2 Å². The first-order valence-electron chi connectivity index (χ1n) is 9.08. The average Bonchev–Trinajstić information content (AvgIpc) is 3.00. The van der Waals surface area contributed by atoms with Gasteiger partial charge in [-0.2, -0.15) is 0 Å². The third-order valence-electron chi connectivity index (χ3n) is 4.55. The molecule has 7 heteroatoms. The first-order chi connectivity index (χ1) is 13.2. The van der Waals surface area contributed by atoms with Crippen molar-refractivity contribution in [3.8, 4) is 17.2 Å². The van der Waals surface area contributed by atoms with Crippen molar-refractivity contribution in [3.63, 3.8) is 0 Å². The van der Waals surface area contributed by atoms with E-state index in [1.54, 1.807) is 24.3 Å². The van der Waals surface area contributed by atoms with E-state index in [1.807, 2.05) is 0 Å². The van der Waals surface area contributed by atoms with Gasteiger partial charge in [-0.25, -0.2) is 9.18 Å². The SMILES string of the molecule is O=C(Nc1ccc2c(c1)OCCCO2)N[C@H]1CCCOc2ccc(F)cc21. The Kier molecular flexibility index (Phi) is 5.00. The summed E-state index contributed by atoms with van der Waals surface area (Å²) in [7, 11) is 0. The van der Waals surface area contributed by atoms with Gasteiger partial charge in [-0.1, -0.05) is 0 Å². The van der Waals surface area contributed by atoms with E-state index in [4.69, 9.17) is 14.2 Å². The summed E-state index contributed by atoms with van der Waals surface area (Å²) in [4.78, 5) is 12.5. The lowest BCUT2D eigenvalue weighted by molar-refractivity contribution is 0.247. The molecule has 2 aromatic carbocycles. The van der Waals surface area contributed by atoms with Crippen molar-refractivity contribution in [1.29, 1.82) is 0 Å². The average molecular weight is 372 g/mol. The second-order valence-corrected chi connectivity index (χ2v) is 6.54. The quantitative estimate of drug-likeness (QED) is 0.835. The maximum atomic E-state index is 13.7. The zero-order chi connectivity index (χ0) is 18.6. The molecule has 6 nitrogen and oxygen atoms in total. The molecule has 4 rings (SSSR count). The van der Waals surface area contributed by atoms with Crippen LogP contribution in [-0.2, 0) is 0 Å². The van der Waals surface area contributed by atoms with Crippen LogP contribution in [-0.4, -0.2) is 25.9 Å². The molecule has 2 aromatic rings. The van der Waals surface area contributed by atoms with Crippen LogP contribution >= 0.6 is 0 Å². The van der Waals surface area contributed by atoms with Gasteiger partial charge in [0.1, 0.15) is 11.6 Å². The Morgan fingerprint density at radius 3 is 2.56 bits per heavy atom. The van der Waals surface area contributed by atoms with Crippen molar-refractivity contribution >= 4 is 11.7 Å². The number of hydrogen-bond acceptors (Lipinski definition) is 4. The van der Waals surface area contributed by atoms with Crippen LogP contribution in [0, 0.1) is 5.82 Å². The number of nitrogens with one attached hydrogen (secondary N) is 2. The molecule has 0 radical (unpaired) electrons. The summed E-state index contributed by atoms with van der Waals surface area (Å²) in [5.74, 6) is 1.54. The number of halogens is 1. The standard InChI is InChI=1S/C20H21FN2O4/c21-13-4-6-17-15(11-13)16(3-1-8-25-17)23-20(24)22-14-5-7-18-19(12-14)27-10-2-9-26-18/h4-7,11-12,16H,1-3,8-10H2,(H2,22,23,24)/t16-/m0/s1. The molecule has 2 aliphatic heterocycles. The van der Waals surface area contributed by atoms with Crippen LogP contribution in [0.4, 0.5) is 14.9 Å². The minimum Gasteiger partial charge on any atom is -0.493 e. The molecule has 0 spiro atoms. The number of anilines is 1. The number of ether oxygens (including phenoxy) is 3. The van der Waals surface area contributed by atoms with E-state index < -0.39 is 0 Å². The van der Waals surface area contributed by atoms with E-state index in [1.165, 1.54) is 12.1 Å². The molecule has 0 saturated carbocycles. The summed E-state index contributed by atoms with van der Waals surface area (Å²) in [5, 5.41) is 5.72. The van der Waals surface area contributed by atoms with Crippen molar-refractivity contribution in [2.24, 2.45) is 0 Å². The monoisotopic (exact) mass is 372 g/mol. The van der Waals surface area contributed by atoms with Crippen LogP contribution in [0.5, 0.6) is 17.2 Å². The fourth-order valence-electron chi connectivity index (χ4n) is 3.26. The molecule has 2 heterocycles. The number of urea groups is 1. The fourth-order valence-corrected chi connectivity index (χ4v) is 3.26. The van der Waals surface area contributed by atoms with E-state index in [0.29, 0.717) is 54.7 Å². The largest absolute Gasteiger partial charge is 0.493 e. The molecule has 0 unspecified atom stereocenters. The summed E-state index contributed by atoms with van der Waals surface area (Å²) in [6.07, 6.45) is 2.26. The Balaban J connectivity index is 1.47. The maximum Gasteiger partial charge on any atom is 0.319 e. The highest BCUT2D eigenvalue weighted by molar-refractivity contribution is 5.90. The highest BCUT2D eigenvalue weighted by Gasteiger charge is 2.22. The normalized spacial score (nSPS) is 18.3. The summed E-state index contributed by atoms with van der Waals surface area (Å²) in [5.41, 5.74) is 1.25. The molecule has 142 valence electrons. The number of amides is 2. The van der Waals surface area contributed by atoms with Gasteiger partial charge in [0.05, 0.1) is 25.9 Å². The second kappa shape index (κ2) is 7.73. The lowest BCUT2D eigenvalue weighted by Crippen LogP contribution is -2.32. The zero-order valence-corrected chi connectivity index (χ0v) is 14.8. The molecule has 2 aliphatic rings. The van der Waals surface area contributed by atoms with Crippen LogP contribution in [0.15, 0.2) is 36.4 Å². The first-order valence-corrected chi connectivity index (χ1v) is 9.08. The van der Waals surface area contributed by atoms with Crippen LogP contribution in [0.25, 0.3) is 0 Å². The summed E-state index contributed by atoms with van der Waals surface area (Å²) < 4.78 is 30.5. The Morgan fingerprint density at radius 2 is 1.67 bits per heavy atom. The minimum atomic E-state index is -0.369. The molecule has 2 amide bonds. The molecular formula is C20H21FN2O4. The van der Waals surface area contributed by atoms with Crippen LogP contribution < -0.4 is 24.8 Å². The van der Waals surface area contributed by atoms with Crippen LogP contribution in [0.1, 0.15) is 30.9 Å². The minimum absolute atomic E-state index is 0.321. The van der Waals surface area contributed by atoms with E-state index in [0.717, 1.165) is 12.8 Å². The van der Waals surface area contributed by atoms with Gasteiger partial charge in [0.25, 0.3) is 0 Å². The predicted molar refractivity (Wildman–Crippen MR) is 98.1 cm³/mol. The third-order valence-corrected chi connectivity index (χ3v) is 4.55. The van der Waals surface area contributed by atoms with Gasteiger partial charge in [0.15, 0.2) is 11.5 Å². The van der Waals surface area contributed by atoms with Gasteiger partial charge in [0.2, 0.25) is 0 Å². The lowest BCUT2D eigenvalue weighted by atomic mass is 10.0. The number of carbonyl (C=O) groups excluding carboxylic acids is 1. The first kappa shape index (κ1) is 17.5. The van der Waals surface area contributed by atoms with Crippen molar-refractivity contribution in [3.05, 3.63) is 47.8 Å². The Bertz CT molecular complexity index is 843. The highest BCUT2D eigenvalue weighted by atomic mass is 19.1. The smallest absolute Gasteiger partial charge is 0.319 e. The summed E-state index contributed by atoms with van der Waals surface area (Å²) in [6, 6.07) is 8.97. The summed E-state index contributed by atoms with van der Waals surface area (Å²) in [6.45, 7) is 1.73. The molecule has 0 aromatic heterocycles. The zero-order valence-electron chi connectivity index (χ0n) is 14.8. The number of carbonyl (C=O) groups is 1. The number of fused-ring (bicyclic) bond motifs is 2. The van der Waals surface area contributed by atoms with Crippen molar-refractivity contribution < 1.29 is 23.4 Å². The van der Waals surface area contributed by atoms with Gasteiger partial charge in [0, 0.05) is 23.7 Å². The third kappa shape index (κ3) is 4.07. The van der Waals surface area contributed by atoms with Gasteiger partial charge in [-0.15, -0.1) is 0 Å². The Labute approximate surface area is 156 Å².